The molecule has 0 saturated carbocycles. The first-order valence-electron chi connectivity index (χ1n) is 9.11. The van der Waals surface area contributed by atoms with Crippen LogP contribution in [0.1, 0.15) is 36.4 Å². The molecule has 2 aromatic carbocycles. The van der Waals surface area contributed by atoms with Gasteiger partial charge in [0.1, 0.15) is 5.75 Å². The van der Waals surface area contributed by atoms with E-state index in [0.29, 0.717) is 22.5 Å². The molecule has 1 heterocycles. The second kappa shape index (κ2) is 8.54. The molecule has 10 heteroatoms. The minimum Gasteiger partial charge on any atom is -0.508 e. The molecule has 0 aromatic heterocycles. The number of amides is 1. The number of benzene rings is 2. The maximum Gasteiger partial charge on any atom is 0.303 e. The summed E-state index contributed by atoms with van der Waals surface area (Å²) in [5.74, 6) is -1.55. The lowest BCUT2D eigenvalue weighted by Crippen LogP contribution is -2.27. The van der Waals surface area contributed by atoms with Crippen molar-refractivity contribution < 1.29 is 28.2 Å². The van der Waals surface area contributed by atoms with Crippen LogP contribution in [0.4, 0.5) is 5.69 Å². The monoisotopic (exact) mass is 431 g/mol. The van der Waals surface area contributed by atoms with E-state index in [2.05, 4.69) is 9.82 Å². The number of hydrogen-bond acceptors (Lipinski definition) is 6. The number of phenolic OH excluding ortho intramolecular Hbond substituents is 1. The van der Waals surface area contributed by atoms with Crippen molar-refractivity contribution in [3.8, 4) is 5.75 Å². The average Bonchev–Trinajstić information content (AvgIpc) is 3.10. The second-order valence-electron chi connectivity index (χ2n) is 6.91. The summed E-state index contributed by atoms with van der Waals surface area (Å²) in [5.41, 5.74) is 1.94. The zero-order valence-electron chi connectivity index (χ0n) is 16.1. The Labute approximate surface area is 173 Å². The molecule has 158 valence electrons. The first-order valence-corrected chi connectivity index (χ1v) is 11.0. The van der Waals surface area contributed by atoms with E-state index in [1.165, 1.54) is 17.1 Å². The molecule has 1 amide bonds. The van der Waals surface area contributed by atoms with Gasteiger partial charge in [-0.2, -0.15) is 5.10 Å². The van der Waals surface area contributed by atoms with Crippen LogP contribution < -0.4 is 4.72 Å². The Morgan fingerprint density at radius 1 is 1.17 bits per heavy atom. The van der Waals surface area contributed by atoms with E-state index in [1.54, 1.807) is 36.4 Å². The van der Waals surface area contributed by atoms with Gasteiger partial charge < -0.3 is 10.2 Å². The topological polar surface area (TPSA) is 136 Å². The van der Waals surface area contributed by atoms with E-state index in [0.717, 1.165) is 6.26 Å². The maximum atomic E-state index is 12.7. The molecule has 1 atom stereocenters. The Balaban J connectivity index is 1.99. The highest BCUT2D eigenvalue weighted by Gasteiger charge is 2.34. The lowest BCUT2D eigenvalue weighted by atomic mass is 9.97. The number of carbonyl (C=O) groups is 2. The highest BCUT2D eigenvalue weighted by Crippen LogP contribution is 2.36. The number of carbonyl (C=O) groups excluding carboxylic acids is 1. The Bertz CT molecular complexity index is 1110. The van der Waals surface area contributed by atoms with Crippen LogP contribution in [0.3, 0.4) is 0 Å². The Morgan fingerprint density at radius 3 is 2.57 bits per heavy atom. The fourth-order valence-electron chi connectivity index (χ4n) is 3.25. The van der Waals surface area contributed by atoms with Crippen molar-refractivity contribution in [1.29, 1.82) is 0 Å². The molecule has 0 unspecified atom stereocenters. The van der Waals surface area contributed by atoms with Gasteiger partial charge in [0.15, 0.2) is 0 Å². The molecule has 0 aliphatic carbocycles. The summed E-state index contributed by atoms with van der Waals surface area (Å²) in [7, 11) is -3.53. The molecule has 0 saturated heterocycles. The van der Waals surface area contributed by atoms with Crippen molar-refractivity contribution in [3.05, 3.63) is 59.7 Å². The van der Waals surface area contributed by atoms with E-state index >= 15 is 0 Å². The minimum atomic E-state index is -3.53. The number of rotatable bonds is 7. The van der Waals surface area contributed by atoms with Gasteiger partial charge in [-0.15, -0.1) is 0 Å². The van der Waals surface area contributed by atoms with Gasteiger partial charge >= 0.3 is 5.97 Å². The number of aromatic hydroxyl groups is 1. The van der Waals surface area contributed by atoms with E-state index in [-0.39, 0.29) is 25.0 Å². The Kier molecular flexibility index (Phi) is 6.06. The molecule has 3 N–H and O–H groups in total. The van der Waals surface area contributed by atoms with Crippen LogP contribution in [0.25, 0.3) is 0 Å². The molecule has 0 spiro atoms. The Hall–Kier alpha value is -3.40. The molecule has 3 rings (SSSR count). The molecule has 0 radical (unpaired) electrons. The van der Waals surface area contributed by atoms with Gasteiger partial charge in [-0.25, -0.2) is 13.4 Å². The van der Waals surface area contributed by atoms with Crippen LogP contribution in [-0.4, -0.2) is 47.5 Å². The fourth-order valence-corrected chi connectivity index (χ4v) is 3.82. The van der Waals surface area contributed by atoms with Crippen LogP contribution in [0.15, 0.2) is 53.6 Å². The molecule has 1 aliphatic rings. The van der Waals surface area contributed by atoms with Gasteiger partial charge in [0.05, 0.1) is 30.1 Å². The number of carboxylic acids is 1. The van der Waals surface area contributed by atoms with Gasteiger partial charge in [-0.1, -0.05) is 30.3 Å². The predicted octanol–water partition coefficient (Wildman–Crippen LogP) is 2.31. The molecule has 9 nitrogen and oxygen atoms in total. The molecule has 1 aliphatic heterocycles. The number of aliphatic carboxylic acids is 1. The summed E-state index contributed by atoms with van der Waals surface area (Å²) in [6.45, 7) is 0. The summed E-state index contributed by atoms with van der Waals surface area (Å²) in [6, 6.07) is 12.5. The number of hydrazone groups is 1. The van der Waals surface area contributed by atoms with Gasteiger partial charge in [-0.3, -0.25) is 14.3 Å². The number of nitrogens with one attached hydrogen (secondary N) is 1. The summed E-state index contributed by atoms with van der Waals surface area (Å²) >= 11 is 0. The van der Waals surface area contributed by atoms with E-state index in [1.807, 2.05) is 0 Å². The second-order valence-corrected chi connectivity index (χ2v) is 8.66. The van der Waals surface area contributed by atoms with Gasteiger partial charge in [0.25, 0.3) is 0 Å². The third-order valence-electron chi connectivity index (χ3n) is 4.51. The normalized spacial score (nSPS) is 16.2. The highest BCUT2D eigenvalue weighted by molar-refractivity contribution is 7.92. The molecular weight excluding hydrogens is 410 g/mol. The molecule has 0 bridgehead atoms. The summed E-state index contributed by atoms with van der Waals surface area (Å²) in [6.07, 6.45) is 0.742. The van der Waals surface area contributed by atoms with Crippen molar-refractivity contribution in [2.24, 2.45) is 5.10 Å². The first-order chi connectivity index (χ1) is 14.1. The van der Waals surface area contributed by atoms with E-state index in [9.17, 15) is 23.1 Å². The molecular formula is C20H21N3O6S. The Morgan fingerprint density at radius 2 is 1.90 bits per heavy atom. The van der Waals surface area contributed by atoms with Crippen LogP contribution >= 0.6 is 0 Å². The third-order valence-corrected chi connectivity index (χ3v) is 5.10. The van der Waals surface area contributed by atoms with Crippen molar-refractivity contribution in [2.75, 3.05) is 11.0 Å². The number of para-hydroxylation sites is 1. The maximum absolute atomic E-state index is 12.7. The zero-order chi connectivity index (χ0) is 21.9. The highest BCUT2D eigenvalue weighted by atomic mass is 32.2. The summed E-state index contributed by atoms with van der Waals surface area (Å²) in [4.78, 5) is 23.6. The standard InChI is InChI=1S/C20H21N3O6S/c1-30(28,29)22-16-8-3-2-7-15(16)17-12-18(13-5-4-6-14(24)11-13)23(21-17)19(25)9-10-20(26)27/h2-8,11,18,22,24H,9-10,12H2,1H3,(H,26,27)/t18-/m1/s1. The van der Waals surface area contributed by atoms with Crippen LogP contribution in [0.2, 0.25) is 0 Å². The van der Waals surface area contributed by atoms with Gasteiger partial charge in [0.2, 0.25) is 15.9 Å². The summed E-state index contributed by atoms with van der Waals surface area (Å²) in [5, 5.41) is 24.3. The molecule has 0 fully saturated rings. The lowest BCUT2D eigenvalue weighted by molar-refractivity contribution is -0.141. The van der Waals surface area contributed by atoms with Gasteiger partial charge in [-0.05, 0) is 23.8 Å². The number of anilines is 1. The van der Waals surface area contributed by atoms with Crippen LogP contribution in [0.5, 0.6) is 5.75 Å². The van der Waals surface area contributed by atoms with E-state index < -0.39 is 27.9 Å². The van der Waals surface area contributed by atoms with Crippen molar-refractivity contribution in [2.45, 2.75) is 25.3 Å². The van der Waals surface area contributed by atoms with Crippen LogP contribution in [0, 0.1) is 0 Å². The van der Waals surface area contributed by atoms with Crippen LogP contribution in [-0.2, 0) is 19.6 Å². The zero-order valence-corrected chi connectivity index (χ0v) is 17.0. The van der Waals surface area contributed by atoms with Crippen molar-refractivity contribution >= 4 is 33.3 Å². The van der Waals surface area contributed by atoms with Crippen molar-refractivity contribution in [1.82, 2.24) is 5.01 Å². The van der Waals surface area contributed by atoms with E-state index in [4.69, 9.17) is 5.11 Å². The van der Waals surface area contributed by atoms with Crippen molar-refractivity contribution in [3.63, 3.8) is 0 Å². The minimum absolute atomic E-state index is 0.0260. The fraction of sp³-hybridized carbons (Fsp3) is 0.250. The molecule has 30 heavy (non-hydrogen) atoms. The SMILES string of the molecule is CS(=O)(=O)Nc1ccccc1C1=NN(C(=O)CCC(=O)O)[C@@H](c2cccc(O)c2)C1. The largest absolute Gasteiger partial charge is 0.508 e. The lowest BCUT2D eigenvalue weighted by Gasteiger charge is -2.22. The summed E-state index contributed by atoms with van der Waals surface area (Å²) < 4.78 is 25.9. The number of nitrogens with zero attached hydrogens (tertiary/aromatic N) is 2. The number of carboxylic acid groups (broad SMARTS) is 1. The number of phenols is 1. The average molecular weight is 431 g/mol. The number of sulfonamides is 1. The predicted molar refractivity (Wildman–Crippen MR) is 111 cm³/mol. The number of hydrogen-bond donors (Lipinski definition) is 3. The molecule has 2 aromatic rings. The van der Waals surface area contributed by atoms with Gasteiger partial charge in [0, 0.05) is 18.4 Å². The first kappa shape index (κ1) is 21.3. The quantitative estimate of drug-likeness (QED) is 0.615. The third kappa shape index (κ3) is 5.15. The smallest absolute Gasteiger partial charge is 0.303 e.